The van der Waals surface area contributed by atoms with Crippen molar-refractivity contribution in [1.29, 1.82) is 0 Å². The molecule has 0 spiro atoms. The Hall–Kier alpha value is -3.67. The van der Waals surface area contributed by atoms with E-state index in [2.05, 4.69) is 63.3 Å². The predicted molar refractivity (Wildman–Crippen MR) is 270 cm³/mol. The minimum absolute atomic E-state index is 0.104. The van der Waals surface area contributed by atoms with Crippen LogP contribution in [0.2, 0.25) is 0 Å². The van der Waals surface area contributed by atoms with Gasteiger partial charge in [0.15, 0.2) is 6.10 Å². The third-order valence-electron chi connectivity index (χ3n) is 10.8. The molecule has 1 unspecified atom stereocenters. The van der Waals surface area contributed by atoms with Crippen LogP contribution < -0.4 is 0 Å². The lowest BCUT2D eigenvalue weighted by atomic mass is 10.0. The molecule has 358 valence electrons. The highest BCUT2D eigenvalue weighted by atomic mass is 16.6. The number of rotatable bonds is 45. The molecule has 0 aromatic rings. The van der Waals surface area contributed by atoms with E-state index < -0.39 is 6.10 Å². The molecule has 6 nitrogen and oxygen atoms in total. The number of allylic oxidation sites excluding steroid dienone is 16. The molecule has 0 aliphatic carbocycles. The molecule has 1 atom stereocenters. The summed E-state index contributed by atoms with van der Waals surface area (Å²) >= 11 is 0. The fourth-order valence-corrected chi connectivity index (χ4v) is 6.94. The molecule has 0 N–H and O–H groups in total. The molecule has 0 rings (SSSR count). The van der Waals surface area contributed by atoms with E-state index in [1.165, 1.54) is 109 Å². The molecule has 0 aliphatic rings. The molecule has 0 bridgehead atoms. The fourth-order valence-electron chi connectivity index (χ4n) is 6.94. The van der Waals surface area contributed by atoms with E-state index >= 15 is 0 Å². The average Bonchev–Trinajstić information content (AvgIpc) is 3.28. The second-order valence-corrected chi connectivity index (χ2v) is 16.9. The van der Waals surface area contributed by atoms with E-state index in [9.17, 15) is 14.4 Å². The number of hydrogen-bond acceptors (Lipinski definition) is 6. The van der Waals surface area contributed by atoms with Gasteiger partial charge in [0.25, 0.3) is 0 Å². The minimum Gasteiger partial charge on any atom is -0.462 e. The number of hydrogen-bond donors (Lipinski definition) is 0. The Bertz CT molecular complexity index is 1280. The van der Waals surface area contributed by atoms with Crippen molar-refractivity contribution in [1.82, 2.24) is 0 Å². The summed E-state index contributed by atoms with van der Waals surface area (Å²) in [5, 5.41) is 0. The quantitative estimate of drug-likeness (QED) is 0.0262. The number of carbonyl (C=O) groups is 3. The molecule has 0 fully saturated rings. The highest BCUT2D eigenvalue weighted by Crippen LogP contribution is 2.15. The van der Waals surface area contributed by atoms with Gasteiger partial charge in [-0.05, 0) is 51.4 Å². The summed E-state index contributed by atoms with van der Waals surface area (Å²) in [5.41, 5.74) is 0. The van der Waals surface area contributed by atoms with Crippen molar-refractivity contribution in [2.75, 3.05) is 13.2 Å². The van der Waals surface area contributed by atoms with E-state index in [4.69, 9.17) is 14.2 Å². The summed E-state index contributed by atoms with van der Waals surface area (Å²) in [4.78, 5) is 38.0. The van der Waals surface area contributed by atoms with Crippen LogP contribution in [0, 0.1) is 0 Å². The lowest BCUT2D eigenvalue weighted by Crippen LogP contribution is -2.30. The van der Waals surface area contributed by atoms with Crippen molar-refractivity contribution in [2.24, 2.45) is 0 Å². The summed E-state index contributed by atoms with van der Waals surface area (Å²) in [7, 11) is 0. The molecule has 0 aromatic heterocycles. The van der Waals surface area contributed by atoms with Gasteiger partial charge in [0.1, 0.15) is 13.2 Å². The maximum atomic E-state index is 12.8. The van der Waals surface area contributed by atoms with Gasteiger partial charge < -0.3 is 14.2 Å². The minimum atomic E-state index is -0.811. The molecular formula is C57H94O6. The Kier molecular flexibility index (Phi) is 48.0. The Morgan fingerprint density at radius 2 is 0.635 bits per heavy atom. The van der Waals surface area contributed by atoms with Crippen molar-refractivity contribution < 1.29 is 28.6 Å². The Labute approximate surface area is 387 Å². The van der Waals surface area contributed by atoms with E-state index in [1.54, 1.807) is 0 Å². The van der Waals surface area contributed by atoms with Crippen LogP contribution in [-0.4, -0.2) is 37.2 Å². The van der Waals surface area contributed by atoms with E-state index in [0.717, 1.165) is 70.6 Å². The molecule has 0 amide bonds. The summed E-state index contributed by atoms with van der Waals surface area (Å²) in [6.07, 6.45) is 66.9. The SMILES string of the molecule is CC/C=C/C=C/C=C/C=C/C=C/CCCC(=O)OCC(COC(=O)CCCCCCCCCCCCCCCCCCC)OC(=O)CCCCCCCCC/C=C/C=C/C=C/CC. The van der Waals surface area contributed by atoms with Gasteiger partial charge in [-0.3, -0.25) is 14.4 Å². The van der Waals surface area contributed by atoms with Crippen LogP contribution in [0.1, 0.15) is 226 Å². The topological polar surface area (TPSA) is 78.9 Å². The lowest BCUT2D eigenvalue weighted by molar-refractivity contribution is -0.167. The van der Waals surface area contributed by atoms with Crippen LogP contribution in [0.5, 0.6) is 0 Å². The highest BCUT2D eigenvalue weighted by molar-refractivity contribution is 5.71. The van der Waals surface area contributed by atoms with Gasteiger partial charge in [0.05, 0.1) is 0 Å². The van der Waals surface area contributed by atoms with Gasteiger partial charge in [-0.15, -0.1) is 0 Å². The first kappa shape index (κ1) is 59.3. The van der Waals surface area contributed by atoms with Crippen LogP contribution in [0.15, 0.2) is 97.2 Å². The van der Waals surface area contributed by atoms with Crippen molar-refractivity contribution >= 4 is 17.9 Å². The van der Waals surface area contributed by atoms with Crippen LogP contribution >= 0.6 is 0 Å². The van der Waals surface area contributed by atoms with Crippen molar-refractivity contribution in [3.63, 3.8) is 0 Å². The van der Waals surface area contributed by atoms with Crippen molar-refractivity contribution in [2.45, 2.75) is 232 Å². The molecule has 0 aliphatic heterocycles. The van der Waals surface area contributed by atoms with Crippen LogP contribution in [-0.2, 0) is 28.6 Å². The molecule has 63 heavy (non-hydrogen) atoms. The number of esters is 3. The van der Waals surface area contributed by atoms with Gasteiger partial charge >= 0.3 is 17.9 Å². The van der Waals surface area contributed by atoms with Gasteiger partial charge in [0.2, 0.25) is 0 Å². The first-order valence-electron chi connectivity index (χ1n) is 25.8. The molecule has 0 saturated heterocycles. The van der Waals surface area contributed by atoms with Crippen LogP contribution in [0.25, 0.3) is 0 Å². The summed E-state index contributed by atoms with van der Waals surface area (Å²) in [6, 6.07) is 0. The second-order valence-electron chi connectivity index (χ2n) is 16.9. The highest BCUT2D eigenvalue weighted by Gasteiger charge is 2.19. The fraction of sp³-hybridized carbons (Fsp3) is 0.667. The van der Waals surface area contributed by atoms with Gasteiger partial charge in [0, 0.05) is 19.3 Å². The molecule has 0 saturated carbocycles. The third-order valence-corrected chi connectivity index (χ3v) is 10.8. The first-order valence-corrected chi connectivity index (χ1v) is 25.8. The van der Waals surface area contributed by atoms with E-state index in [0.29, 0.717) is 19.3 Å². The standard InChI is InChI=1S/C57H94O6/c1-4-7-10-13-16-19-22-25-27-28-30-32-35-38-41-44-47-50-56(59)62-53-54(52-61-55(58)49-46-43-40-37-34-31-24-21-18-15-12-9-6-3)63-57(60)51-48-45-42-39-36-33-29-26-23-20-17-14-11-8-5-2/h8-9,11-12,14-15,17-18,20-21,23-24,31,34,37,40,54H,4-7,10,13,16,19,22,25-30,32-33,35-36,38-39,41-53H2,1-3H3/b11-8+,12-9+,17-14+,18-15+,23-20+,24-21+,34-31+,40-37+. The monoisotopic (exact) mass is 875 g/mol. The predicted octanol–water partition coefficient (Wildman–Crippen LogP) is 17.0. The Balaban J connectivity index is 4.47. The number of ether oxygens (including phenoxy) is 3. The van der Waals surface area contributed by atoms with Crippen molar-refractivity contribution in [3.05, 3.63) is 97.2 Å². The maximum Gasteiger partial charge on any atom is 0.306 e. The van der Waals surface area contributed by atoms with E-state index in [-0.39, 0.29) is 37.5 Å². The zero-order chi connectivity index (χ0) is 45.8. The summed E-state index contributed by atoms with van der Waals surface area (Å²) in [5.74, 6) is -0.994. The number of carbonyl (C=O) groups excluding carboxylic acids is 3. The largest absolute Gasteiger partial charge is 0.462 e. The second kappa shape index (κ2) is 51.0. The first-order chi connectivity index (χ1) is 31.0. The molecule has 0 heterocycles. The zero-order valence-electron chi connectivity index (χ0n) is 40.8. The van der Waals surface area contributed by atoms with Crippen LogP contribution in [0.3, 0.4) is 0 Å². The molecule has 6 heteroatoms. The smallest absolute Gasteiger partial charge is 0.306 e. The normalized spacial score (nSPS) is 12.9. The van der Waals surface area contributed by atoms with Crippen molar-refractivity contribution in [3.8, 4) is 0 Å². The van der Waals surface area contributed by atoms with Crippen LogP contribution in [0.4, 0.5) is 0 Å². The average molecular weight is 875 g/mol. The Morgan fingerprint density at radius 3 is 1.03 bits per heavy atom. The summed E-state index contributed by atoms with van der Waals surface area (Å²) in [6.45, 7) is 6.29. The summed E-state index contributed by atoms with van der Waals surface area (Å²) < 4.78 is 16.7. The van der Waals surface area contributed by atoms with Gasteiger partial charge in [-0.25, -0.2) is 0 Å². The van der Waals surface area contributed by atoms with Gasteiger partial charge in [-0.2, -0.15) is 0 Å². The Morgan fingerprint density at radius 1 is 0.333 bits per heavy atom. The molecule has 0 aromatic carbocycles. The van der Waals surface area contributed by atoms with Gasteiger partial charge in [-0.1, -0.05) is 253 Å². The third kappa shape index (κ3) is 49.2. The lowest BCUT2D eigenvalue weighted by Gasteiger charge is -2.18. The van der Waals surface area contributed by atoms with E-state index in [1.807, 2.05) is 54.7 Å². The molecular weight excluding hydrogens is 781 g/mol. The maximum absolute atomic E-state index is 12.8. The zero-order valence-corrected chi connectivity index (χ0v) is 40.8. The number of unbranched alkanes of at least 4 members (excludes halogenated alkanes) is 24. The molecule has 0 radical (unpaired) electrons.